The Bertz CT molecular complexity index is 1240. The van der Waals surface area contributed by atoms with Crippen LogP contribution in [0.25, 0.3) is 10.9 Å². The molecule has 2 amide bonds. The fourth-order valence-electron chi connectivity index (χ4n) is 6.24. The third kappa shape index (κ3) is 5.11. The molecule has 6 rings (SSSR count). The van der Waals surface area contributed by atoms with Crippen molar-refractivity contribution in [3.05, 3.63) is 78.0 Å². The van der Waals surface area contributed by atoms with Gasteiger partial charge in [0.1, 0.15) is 0 Å². The van der Waals surface area contributed by atoms with Crippen molar-refractivity contribution in [2.45, 2.75) is 18.9 Å². The van der Waals surface area contributed by atoms with E-state index in [0.29, 0.717) is 25.0 Å². The molecule has 3 aromatic rings. The number of likely N-dealkylation sites (tertiary alicyclic amines) is 2. The van der Waals surface area contributed by atoms with E-state index in [1.807, 2.05) is 53.4 Å². The van der Waals surface area contributed by atoms with E-state index in [1.54, 1.807) is 6.20 Å². The molecule has 37 heavy (non-hydrogen) atoms. The fraction of sp³-hybridized carbons (Fsp3) is 0.433. The van der Waals surface area contributed by atoms with Gasteiger partial charge in [-0.1, -0.05) is 48.5 Å². The molecule has 3 aliphatic rings. The molecular weight excluding hydrogens is 464 g/mol. The van der Waals surface area contributed by atoms with Gasteiger partial charge in [-0.15, -0.1) is 0 Å². The quantitative estimate of drug-likeness (QED) is 0.540. The van der Waals surface area contributed by atoms with E-state index in [1.165, 1.54) is 0 Å². The van der Waals surface area contributed by atoms with Crippen LogP contribution < -0.4 is 5.32 Å². The van der Waals surface area contributed by atoms with Crippen molar-refractivity contribution in [2.24, 2.45) is 17.8 Å². The second-order valence-corrected chi connectivity index (χ2v) is 10.7. The number of fused-ring (bicyclic) bond motifs is 2. The van der Waals surface area contributed by atoms with Gasteiger partial charge in [-0.25, -0.2) is 0 Å². The van der Waals surface area contributed by atoms with Crippen molar-refractivity contribution < 1.29 is 14.3 Å². The number of nitrogens with one attached hydrogen (secondary N) is 1. The van der Waals surface area contributed by atoms with Crippen molar-refractivity contribution in [3.8, 4) is 0 Å². The molecular formula is C30H34N4O3. The van der Waals surface area contributed by atoms with Crippen LogP contribution in [-0.4, -0.2) is 72.5 Å². The molecule has 7 nitrogen and oxygen atoms in total. The maximum Gasteiger partial charge on any atom is 0.254 e. The van der Waals surface area contributed by atoms with Crippen LogP contribution in [0.4, 0.5) is 0 Å². The number of carbonyl (C=O) groups is 2. The first kappa shape index (κ1) is 24.1. The number of aromatic nitrogens is 1. The molecule has 7 heteroatoms. The van der Waals surface area contributed by atoms with Crippen LogP contribution in [0.3, 0.4) is 0 Å². The number of hydrogen-bond donors (Lipinski definition) is 1. The number of ether oxygens (including phenoxy) is 1. The molecule has 2 aromatic carbocycles. The van der Waals surface area contributed by atoms with Gasteiger partial charge in [-0.2, -0.15) is 0 Å². The van der Waals surface area contributed by atoms with E-state index >= 15 is 0 Å². The SMILES string of the molecule is O=C(NC(CCN1CC2CN(C(=O)c3ccnc4ccccc34)C[C@@H]2C1)c1ccccc1)C1CCOC1. The molecule has 1 N–H and O–H groups in total. The van der Waals surface area contributed by atoms with Crippen LogP contribution in [0.1, 0.15) is 34.8 Å². The number of pyridine rings is 1. The summed E-state index contributed by atoms with van der Waals surface area (Å²) in [5.41, 5.74) is 2.76. The zero-order valence-electron chi connectivity index (χ0n) is 21.1. The van der Waals surface area contributed by atoms with Gasteiger partial charge in [-0.05, 0) is 42.4 Å². The molecule has 0 saturated carbocycles. The molecule has 192 valence electrons. The fourth-order valence-corrected chi connectivity index (χ4v) is 6.24. The van der Waals surface area contributed by atoms with Crippen LogP contribution in [0.15, 0.2) is 66.9 Å². The minimum absolute atomic E-state index is 0.00668. The van der Waals surface area contributed by atoms with Crippen LogP contribution >= 0.6 is 0 Å². The summed E-state index contributed by atoms with van der Waals surface area (Å²) in [4.78, 5) is 35.2. The Morgan fingerprint density at radius 1 is 0.973 bits per heavy atom. The highest BCUT2D eigenvalue weighted by molar-refractivity contribution is 6.06. The average Bonchev–Trinajstić information content (AvgIpc) is 3.68. The molecule has 3 unspecified atom stereocenters. The summed E-state index contributed by atoms with van der Waals surface area (Å²) >= 11 is 0. The summed E-state index contributed by atoms with van der Waals surface area (Å²) < 4.78 is 5.42. The predicted octanol–water partition coefficient (Wildman–Crippen LogP) is 3.52. The summed E-state index contributed by atoms with van der Waals surface area (Å²) in [5, 5.41) is 4.22. The topological polar surface area (TPSA) is 74.8 Å². The zero-order chi connectivity index (χ0) is 25.2. The third-order valence-electron chi connectivity index (χ3n) is 8.28. The van der Waals surface area contributed by atoms with Gasteiger partial charge >= 0.3 is 0 Å². The lowest BCUT2D eigenvalue weighted by molar-refractivity contribution is -0.125. The summed E-state index contributed by atoms with van der Waals surface area (Å²) in [6.07, 6.45) is 3.40. The van der Waals surface area contributed by atoms with Gasteiger partial charge in [0.2, 0.25) is 5.91 Å². The van der Waals surface area contributed by atoms with E-state index in [-0.39, 0.29) is 23.8 Å². The number of amides is 2. The van der Waals surface area contributed by atoms with Gasteiger partial charge in [0.15, 0.2) is 0 Å². The number of para-hydroxylation sites is 1. The summed E-state index contributed by atoms with van der Waals surface area (Å²) in [6, 6.07) is 20.0. The maximum atomic E-state index is 13.4. The number of carbonyl (C=O) groups excluding carboxylic acids is 2. The van der Waals surface area contributed by atoms with Crippen LogP contribution in [0.5, 0.6) is 0 Å². The van der Waals surface area contributed by atoms with E-state index in [0.717, 1.165) is 67.6 Å². The largest absolute Gasteiger partial charge is 0.381 e. The van der Waals surface area contributed by atoms with Gasteiger partial charge in [0, 0.05) is 50.9 Å². The summed E-state index contributed by atoms with van der Waals surface area (Å²) in [7, 11) is 0. The second-order valence-electron chi connectivity index (χ2n) is 10.7. The number of hydrogen-bond acceptors (Lipinski definition) is 5. The Labute approximate surface area is 217 Å². The molecule has 0 aliphatic carbocycles. The lowest BCUT2D eigenvalue weighted by Gasteiger charge is -2.25. The molecule has 3 fully saturated rings. The van der Waals surface area contributed by atoms with Gasteiger partial charge in [-0.3, -0.25) is 14.6 Å². The third-order valence-corrected chi connectivity index (χ3v) is 8.28. The zero-order valence-corrected chi connectivity index (χ0v) is 21.1. The van der Waals surface area contributed by atoms with Crippen molar-refractivity contribution in [1.82, 2.24) is 20.1 Å². The van der Waals surface area contributed by atoms with Crippen LogP contribution in [0, 0.1) is 17.8 Å². The van der Waals surface area contributed by atoms with Crippen molar-refractivity contribution in [1.29, 1.82) is 0 Å². The first-order valence-corrected chi connectivity index (χ1v) is 13.4. The molecule has 3 saturated heterocycles. The highest BCUT2D eigenvalue weighted by atomic mass is 16.5. The van der Waals surface area contributed by atoms with Gasteiger partial charge in [0.25, 0.3) is 5.91 Å². The van der Waals surface area contributed by atoms with Crippen LogP contribution in [-0.2, 0) is 9.53 Å². The average molecular weight is 499 g/mol. The normalized spacial score (nSPS) is 24.3. The van der Waals surface area contributed by atoms with E-state index in [9.17, 15) is 9.59 Å². The molecule has 0 radical (unpaired) electrons. The predicted molar refractivity (Wildman–Crippen MR) is 142 cm³/mol. The van der Waals surface area contributed by atoms with Gasteiger partial charge in [0.05, 0.1) is 29.6 Å². The molecule has 3 aliphatic heterocycles. The van der Waals surface area contributed by atoms with Crippen molar-refractivity contribution in [3.63, 3.8) is 0 Å². The Kier molecular flexibility index (Phi) is 6.89. The minimum atomic E-state index is -0.0432. The number of rotatable bonds is 7. The Hall–Kier alpha value is -3.29. The summed E-state index contributed by atoms with van der Waals surface area (Å²) in [5.74, 6) is 1.16. The smallest absolute Gasteiger partial charge is 0.254 e. The van der Waals surface area contributed by atoms with Crippen molar-refractivity contribution in [2.75, 3.05) is 45.9 Å². The second kappa shape index (κ2) is 10.6. The lowest BCUT2D eigenvalue weighted by atomic mass is 10.0. The minimum Gasteiger partial charge on any atom is -0.381 e. The lowest BCUT2D eigenvalue weighted by Crippen LogP contribution is -2.37. The van der Waals surface area contributed by atoms with Gasteiger partial charge < -0.3 is 19.9 Å². The Morgan fingerprint density at radius 2 is 1.73 bits per heavy atom. The van der Waals surface area contributed by atoms with E-state index in [2.05, 4.69) is 27.3 Å². The molecule has 0 bridgehead atoms. The number of nitrogens with zero attached hydrogens (tertiary/aromatic N) is 3. The maximum absolute atomic E-state index is 13.4. The van der Waals surface area contributed by atoms with Crippen molar-refractivity contribution >= 4 is 22.7 Å². The molecule has 4 atom stereocenters. The van der Waals surface area contributed by atoms with Crippen LogP contribution in [0.2, 0.25) is 0 Å². The monoisotopic (exact) mass is 498 g/mol. The Balaban J connectivity index is 1.06. The first-order chi connectivity index (χ1) is 18.2. The number of benzene rings is 2. The molecule has 1 aromatic heterocycles. The Morgan fingerprint density at radius 3 is 2.49 bits per heavy atom. The van der Waals surface area contributed by atoms with E-state index in [4.69, 9.17) is 4.74 Å². The molecule has 4 heterocycles. The first-order valence-electron chi connectivity index (χ1n) is 13.4. The molecule has 0 spiro atoms. The highest BCUT2D eigenvalue weighted by Gasteiger charge is 2.42. The highest BCUT2D eigenvalue weighted by Crippen LogP contribution is 2.33. The standard InChI is InChI=1S/C30H34N4O3/c35-29(22-12-15-37-20-22)32-27(21-6-2-1-3-7-21)11-14-33-16-23-18-34(19-24(23)17-33)30(36)26-10-13-31-28-9-5-4-8-25(26)28/h1-10,13,22-24,27H,11-12,14-20H2,(H,32,35)/t22?,23-,24?,27?/m0/s1. The van der Waals surface area contributed by atoms with E-state index < -0.39 is 0 Å². The summed E-state index contributed by atoms with van der Waals surface area (Å²) in [6.45, 7) is 5.72.